The molecule has 0 fully saturated rings. The number of phenols is 10. The molecule has 0 bridgehead atoms. The Morgan fingerprint density at radius 2 is 0.783 bits per heavy atom. The minimum atomic E-state index is -2.22. The number of phenolic OH excluding ortho intramolecular Hbond substituents is 10. The zero-order valence-electron chi connectivity index (χ0n) is 22.8. The summed E-state index contributed by atoms with van der Waals surface area (Å²) >= 11 is 0. The number of aliphatic hydroxyl groups is 2. The molecule has 12 N–H and O–H groups in total. The molecule has 0 spiro atoms. The van der Waals surface area contributed by atoms with Gasteiger partial charge in [0.25, 0.3) is 0 Å². The standard InChI is InChI=1S/C30H22O16/c31-7-1-11(33)19-15(3-7)45-29(27(43)25(19)41)9-5-13(35)21(37)23(39)17(9)18-10(6-14(36)22(38)24(18)40)30-28(44)26(42)20-12(34)2-8(32)4-16(20)46-30/h1-6,27-40,43-44H/t27-,28-,29+,30+/m1/s1. The molecule has 16 heteroatoms. The Kier molecular flexibility index (Phi) is 6.57. The largest absolute Gasteiger partial charge is 0.508 e. The van der Waals surface area contributed by atoms with E-state index in [1.165, 1.54) is 0 Å². The fraction of sp³-hybridized carbons (Fsp3) is 0.133. The molecule has 0 aromatic heterocycles. The van der Waals surface area contributed by atoms with Gasteiger partial charge in [0.15, 0.2) is 47.4 Å². The van der Waals surface area contributed by atoms with E-state index in [1.54, 1.807) is 0 Å². The summed E-state index contributed by atoms with van der Waals surface area (Å²) in [4.78, 5) is 26.3. The number of carbonyl (C=O) groups excluding carboxylic acids is 2. The van der Waals surface area contributed by atoms with Crippen LogP contribution < -0.4 is 9.47 Å². The molecule has 0 saturated carbocycles. The Morgan fingerprint density at radius 1 is 0.435 bits per heavy atom. The third-order valence-electron chi connectivity index (χ3n) is 7.68. The summed E-state index contributed by atoms with van der Waals surface area (Å²) < 4.78 is 11.4. The van der Waals surface area contributed by atoms with Crippen molar-refractivity contribution in [1.29, 1.82) is 0 Å². The number of hydrogen-bond acceptors (Lipinski definition) is 16. The van der Waals surface area contributed by atoms with Gasteiger partial charge in [-0.25, -0.2) is 0 Å². The van der Waals surface area contributed by atoms with E-state index in [0.29, 0.717) is 12.1 Å². The summed E-state index contributed by atoms with van der Waals surface area (Å²) in [6.45, 7) is 0. The molecule has 2 aliphatic rings. The zero-order valence-corrected chi connectivity index (χ0v) is 22.8. The van der Waals surface area contributed by atoms with Crippen molar-refractivity contribution in [3.05, 3.63) is 58.7 Å². The number of Topliss-reactive ketones (excluding diaryl/α,β-unsaturated/α-hetero) is 2. The maximum Gasteiger partial charge on any atom is 0.202 e. The molecule has 0 aliphatic carbocycles. The molecule has 0 radical (unpaired) electrons. The van der Waals surface area contributed by atoms with E-state index in [9.17, 15) is 70.9 Å². The third-order valence-corrected chi connectivity index (χ3v) is 7.68. The molecular weight excluding hydrogens is 616 g/mol. The van der Waals surface area contributed by atoms with E-state index in [1.807, 2.05) is 0 Å². The Labute approximate surface area is 255 Å². The van der Waals surface area contributed by atoms with Crippen LogP contribution in [0.4, 0.5) is 0 Å². The number of benzene rings is 4. The Bertz CT molecular complexity index is 1860. The lowest BCUT2D eigenvalue weighted by Crippen LogP contribution is -2.37. The molecule has 0 amide bonds. The molecule has 6 rings (SSSR count). The molecule has 2 aliphatic heterocycles. The Morgan fingerprint density at radius 3 is 1.13 bits per heavy atom. The van der Waals surface area contributed by atoms with Crippen molar-refractivity contribution in [3.63, 3.8) is 0 Å². The highest BCUT2D eigenvalue weighted by molar-refractivity contribution is 6.07. The van der Waals surface area contributed by atoms with Gasteiger partial charge in [0.1, 0.15) is 45.6 Å². The van der Waals surface area contributed by atoms with E-state index in [0.717, 1.165) is 24.3 Å². The smallest absolute Gasteiger partial charge is 0.202 e. The summed E-state index contributed by atoms with van der Waals surface area (Å²) in [6.07, 6.45) is -8.36. The molecule has 4 atom stereocenters. The second-order valence-electron chi connectivity index (χ2n) is 10.5. The van der Waals surface area contributed by atoms with Gasteiger partial charge < -0.3 is 70.8 Å². The van der Waals surface area contributed by atoms with Crippen LogP contribution in [-0.4, -0.2) is 85.1 Å². The van der Waals surface area contributed by atoms with Crippen LogP contribution in [0.25, 0.3) is 11.1 Å². The van der Waals surface area contributed by atoms with Crippen LogP contribution in [0, 0.1) is 0 Å². The van der Waals surface area contributed by atoms with E-state index in [4.69, 9.17) is 9.47 Å². The van der Waals surface area contributed by atoms with Gasteiger partial charge in [0, 0.05) is 46.5 Å². The minimum absolute atomic E-state index is 0.471. The third kappa shape index (κ3) is 4.23. The average molecular weight is 638 g/mol. The Hall–Kier alpha value is -6.26. The highest BCUT2D eigenvalue weighted by atomic mass is 16.5. The van der Waals surface area contributed by atoms with Gasteiger partial charge in [-0.15, -0.1) is 0 Å². The van der Waals surface area contributed by atoms with E-state index < -0.39 is 138 Å². The normalized spacial score (nSPS) is 20.4. The van der Waals surface area contributed by atoms with Crippen LogP contribution in [0.1, 0.15) is 44.1 Å². The van der Waals surface area contributed by atoms with Gasteiger partial charge in [-0.2, -0.15) is 0 Å². The van der Waals surface area contributed by atoms with Crippen molar-refractivity contribution < 1.29 is 80.3 Å². The summed E-state index contributed by atoms with van der Waals surface area (Å²) in [7, 11) is 0. The van der Waals surface area contributed by atoms with Crippen molar-refractivity contribution in [2.75, 3.05) is 0 Å². The van der Waals surface area contributed by atoms with Crippen molar-refractivity contribution in [2.45, 2.75) is 24.4 Å². The van der Waals surface area contributed by atoms with Gasteiger partial charge in [-0.3, -0.25) is 9.59 Å². The summed E-state index contributed by atoms with van der Waals surface area (Å²) in [6, 6.07) is 4.80. The molecule has 0 unspecified atom stereocenters. The lowest BCUT2D eigenvalue weighted by atomic mass is 9.83. The number of rotatable bonds is 3. The van der Waals surface area contributed by atoms with Crippen molar-refractivity contribution in [1.82, 2.24) is 0 Å². The second kappa shape index (κ2) is 10.1. The van der Waals surface area contributed by atoms with Crippen LogP contribution in [0.3, 0.4) is 0 Å². The molecule has 4 aromatic rings. The second-order valence-corrected chi connectivity index (χ2v) is 10.5. The van der Waals surface area contributed by atoms with E-state index >= 15 is 0 Å². The minimum Gasteiger partial charge on any atom is -0.508 e. The predicted octanol–water partition coefficient (Wildman–Crippen LogP) is 1.76. The highest BCUT2D eigenvalue weighted by Crippen LogP contribution is 2.57. The van der Waals surface area contributed by atoms with Crippen LogP contribution in [0.15, 0.2) is 36.4 Å². The molecular formula is C30H22O16. The number of aliphatic hydroxyl groups excluding tert-OH is 2. The average Bonchev–Trinajstić information content (AvgIpc) is 2.98. The summed E-state index contributed by atoms with van der Waals surface area (Å²) in [5.41, 5.74) is -3.84. The van der Waals surface area contributed by atoms with E-state index in [2.05, 4.69) is 0 Å². The van der Waals surface area contributed by atoms with Crippen LogP contribution >= 0.6 is 0 Å². The Balaban J connectivity index is 1.63. The first kappa shape index (κ1) is 29.8. The number of ether oxygens (including phenoxy) is 2. The van der Waals surface area contributed by atoms with Gasteiger partial charge >= 0.3 is 0 Å². The first-order valence-corrected chi connectivity index (χ1v) is 13.1. The first-order chi connectivity index (χ1) is 21.6. The number of hydrogen-bond donors (Lipinski definition) is 12. The number of ketones is 2. The van der Waals surface area contributed by atoms with Crippen LogP contribution in [-0.2, 0) is 0 Å². The number of aromatic hydroxyl groups is 10. The quantitative estimate of drug-likeness (QED) is 0.142. The van der Waals surface area contributed by atoms with Crippen LogP contribution in [0.2, 0.25) is 0 Å². The molecule has 16 nitrogen and oxygen atoms in total. The van der Waals surface area contributed by atoms with Gasteiger partial charge in [-0.1, -0.05) is 0 Å². The summed E-state index contributed by atoms with van der Waals surface area (Å²) in [5.74, 6) is -13.0. The van der Waals surface area contributed by atoms with Crippen LogP contribution in [0.5, 0.6) is 69.0 Å². The number of fused-ring (bicyclic) bond motifs is 2. The topological polar surface area (TPSA) is 295 Å². The first-order valence-electron chi connectivity index (χ1n) is 13.1. The monoisotopic (exact) mass is 638 g/mol. The molecule has 238 valence electrons. The maximum absolute atomic E-state index is 13.1. The van der Waals surface area contributed by atoms with Gasteiger partial charge in [0.2, 0.25) is 23.1 Å². The van der Waals surface area contributed by atoms with Gasteiger partial charge in [-0.05, 0) is 12.1 Å². The molecule has 4 aromatic carbocycles. The molecule has 46 heavy (non-hydrogen) atoms. The van der Waals surface area contributed by atoms with Crippen molar-refractivity contribution >= 4 is 11.6 Å². The summed E-state index contributed by atoms with van der Waals surface area (Å²) in [5, 5.41) is 126. The molecule has 0 saturated heterocycles. The van der Waals surface area contributed by atoms with Gasteiger partial charge in [0.05, 0.1) is 0 Å². The van der Waals surface area contributed by atoms with Crippen molar-refractivity contribution in [3.8, 4) is 80.1 Å². The fourth-order valence-electron chi connectivity index (χ4n) is 5.60. The molecule has 2 heterocycles. The fourth-order valence-corrected chi connectivity index (χ4v) is 5.60. The predicted molar refractivity (Wildman–Crippen MR) is 149 cm³/mol. The highest BCUT2D eigenvalue weighted by Gasteiger charge is 2.45. The van der Waals surface area contributed by atoms with Crippen molar-refractivity contribution in [2.24, 2.45) is 0 Å². The number of carbonyl (C=O) groups is 2. The maximum atomic E-state index is 13.1. The zero-order chi connectivity index (χ0) is 33.5. The lowest BCUT2D eigenvalue weighted by Gasteiger charge is -2.34. The lowest BCUT2D eigenvalue weighted by molar-refractivity contribution is 0.0202. The SMILES string of the molecule is O=C1c2c(O)cc(O)cc2O[C@@H](c2cc(O)c(O)c(O)c2-c2c([C@@H]3Oc4cc(O)cc(O)c4C(=O)[C@H]3O)cc(O)c(O)c2O)[C@@H]1O. The van der Waals surface area contributed by atoms with E-state index in [-0.39, 0.29) is 0 Å².